The van der Waals surface area contributed by atoms with Crippen molar-refractivity contribution in [3.05, 3.63) is 55.7 Å². The molecule has 0 saturated carbocycles. The highest BCUT2D eigenvalue weighted by Gasteiger charge is 2.29. The number of fused-ring (bicyclic) bond motifs is 1. The van der Waals surface area contributed by atoms with Gasteiger partial charge < -0.3 is 11.1 Å². The Morgan fingerprint density at radius 2 is 2.03 bits per heavy atom. The lowest BCUT2D eigenvalue weighted by Gasteiger charge is -2.09. The number of hydrogen-bond donors (Lipinski definition) is 2. The van der Waals surface area contributed by atoms with Gasteiger partial charge in [-0.2, -0.15) is 5.10 Å². The lowest BCUT2D eigenvalue weighted by Crippen LogP contribution is -2.18. The van der Waals surface area contributed by atoms with E-state index in [0.29, 0.717) is 10.4 Å². The van der Waals surface area contributed by atoms with Gasteiger partial charge in [0.2, 0.25) is 5.69 Å². The van der Waals surface area contributed by atoms with Gasteiger partial charge >= 0.3 is 5.69 Å². The van der Waals surface area contributed by atoms with Crippen LogP contribution in [0.5, 0.6) is 0 Å². The average molecular weight is 492 g/mol. The Labute approximate surface area is 191 Å². The Balaban J connectivity index is 1.95. The van der Waals surface area contributed by atoms with E-state index >= 15 is 0 Å². The standard InChI is InChI=1S/C19H14F2N6O4S2/c1-7-3-4-11(32-7)8-5-9(16(20)21)23-19-12(8)14(15(33-19)17(22)28)24-18(29)13-10(27(30)31)6-26(2)25-13/h3-6,16H,1-2H3,(H2,22,28)(H,24,29). The molecule has 4 rings (SSSR count). The summed E-state index contributed by atoms with van der Waals surface area (Å²) in [7, 11) is 1.41. The van der Waals surface area contributed by atoms with Gasteiger partial charge in [0.05, 0.1) is 10.6 Å². The van der Waals surface area contributed by atoms with Crippen molar-refractivity contribution in [3.63, 3.8) is 0 Å². The molecule has 0 saturated heterocycles. The maximum Gasteiger partial charge on any atom is 0.320 e. The number of amides is 2. The normalized spacial score (nSPS) is 11.3. The van der Waals surface area contributed by atoms with Gasteiger partial charge in [-0.1, -0.05) is 0 Å². The third-order valence-corrected chi connectivity index (χ3v) is 6.73. The van der Waals surface area contributed by atoms with Crippen molar-refractivity contribution in [2.75, 3.05) is 5.32 Å². The van der Waals surface area contributed by atoms with Gasteiger partial charge in [-0.15, -0.1) is 22.7 Å². The summed E-state index contributed by atoms with van der Waals surface area (Å²) >= 11 is 2.07. The van der Waals surface area contributed by atoms with E-state index in [2.05, 4.69) is 15.4 Å². The molecule has 0 aliphatic carbocycles. The van der Waals surface area contributed by atoms with E-state index in [1.807, 2.05) is 6.92 Å². The van der Waals surface area contributed by atoms with Gasteiger partial charge in [0.25, 0.3) is 18.2 Å². The number of nitro groups is 1. The van der Waals surface area contributed by atoms with Crippen LogP contribution < -0.4 is 11.1 Å². The molecule has 33 heavy (non-hydrogen) atoms. The first-order valence-corrected chi connectivity index (χ1v) is 10.8. The second kappa shape index (κ2) is 8.29. The number of thiophene rings is 2. The number of anilines is 1. The second-order valence-corrected chi connectivity index (χ2v) is 9.19. The number of halogens is 2. The molecule has 0 bridgehead atoms. The zero-order valence-electron chi connectivity index (χ0n) is 17.0. The van der Waals surface area contributed by atoms with E-state index in [1.54, 1.807) is 12.1 Å². The van der Waals surface area contributed by atoms with E-state index < -0.39 is 40.2 Å². The third-order valence-electron chi connectivity index (χ3n) is 4.59. The van der Waals surface area contributed by atoms with E-state index in [0.717, 1.165) is 27.1 Å². The van der Waals surface area contributed by atoms with E-state index in [9.17, 15) is 28.5 Å². The number of pyridine rings is 1. The summed E-state index contributed by atoms with van der Waals surface area (Å²) in [5.74, 6) is -1.88. The number of carbonyl (C=O) groups excluding carboxylic acids is 2. The van der Waals surface area contributed by atoms with Crippen molar-refractivity contribution in [2.45, 2.75) is 13.3 Å². The largest absolute Gasteiger partial charge is 0.365 e. The van der Waals surface area contributed by atoms with Crippen LogP contribution in [0, 0.1) is 17.0 Å². The Bertz CT molecular complexity index is 1440. The summed E-state index contributed by atoms with van der Waals surface area (Å²) in [6.45, 7) is 1.84. The summed E-state index contributed by atoms with van der Waals surface area (Å²) in [4.78, 5) is 41.0. The molecule has 4 heterocycles. The zero-order valence-corrected chi connectivity index (χ0v) is 18.6. The van der Waals surface area contributed by atoms with Crippen LogP contribution in [-0.2, 0) is 7.05 Å². The van der Waals surface area contributed by atoms with Gasteiger partial charge in [-0.25, -0.2) is 13.8 Å². The van der Waals surface area contributed by atoms with Crippen LogP contribution in [-0.4, -0.2) is 31.5 Å². The molecule has 0 unspecified atom stereocenters. The van der Waals surface area contributed by atoms with Crippen molar-refractivity contribution in [2.24, 2.45) is 12.8 Å². The first kappa shape index (κ1) is 22.4. The molecule has 170 valence electrons. The SMILES string of the molecule is Cc1ccc(-c2cc(C(F)F)nc3sc(C(N)=O)c(NC(=O)c4nn(C)cc4[N+](=O)[O-])c23)s1. The first-order valence-electron chi connectivity index (χ1n) is 9.18. The molecule has 4 aromatic heterocycles. The highest BCUT2D eigenvalue weighted by Crippen LogP contribution is 2.44. The lowest BCUT2D eigenvalue weighted by atomic mass is 10.1. The molecule has 0 atom stereocenters. The Morgan fingerprint density at radius 1 is 1.30 bits per heavy atom. The predicted octanol–water partition coefficient (Wildman–Crippen LogP) is 4.26. The monoisotopic (exact) mass is 492 g/mol. The number of aromatic nitrogens is 3. The van der Waals surface area contributed by atoms with Crippen LogP contribution in [0.1, 0.15) is 37.2 Å². The fourth-order valence-corrected chi connectivity index (χ4v) is 5.14. The molecule has 4 aromatic rings. The highest BCUT2D eigenvalue weighted by molar-refractivity contribution is 7.21. The van der Waals surface area contributed by atoms with Crippen molar-refractivity contribution in [3.8, 4) is 10.4 Å². The number of nitrogens with two attached hydrogens (primary N) is 1. The minimum absolute atomic E-state index is 0.0634. The Kier molecular flexibility index (Phi) is 5.63. The maximum atomic E-state index is 13.5. The van der Waals surface area contributed by atoms with Crippen LogP contribution >= 0.6 is 22.7 Å². The number of alkyl halides is 2. The van der Waals surface area contributed by atoms with Gasteiger partial charge in [0.15, 0.2) is 0 Å². The molecule has 0 aliphatic heterocycles. The van der Waals surface area contributed by atoms with Gasteiger partial charge in [0, 0.05) is 27.8 Å². The van der Waals surface area contributed by atoms with Crippen LogP contribution in [0.3, 0.4) is 0 Å². The lowest BCUT2D eigenvalue weighted by molar-refractivity contribution is -0.385. The van der Waals surface area contributed by atoms with Gasteiger partial charge in [0.1, 0.15) is 21.6 Å². The van der Waals surface area contributed by atoms with E-state index in [-0.39, 0.29) is 20.8 Å². The smallest absolute Gasteiger partial charge is 0.320 e. The minimum Gasteiger partial charge on any atom is -0.365 e. The molecule has 2 amide bonds. The molecule has 0 aromatic carbocycles. The number of aryl methyl sites for hydroxylation is 2. The van der Waals surface area contributed by atoms with Crippen LogP contribution in [0.25, 0.3) is 20.7 Å². The summed E-state index contributed by atoms with van der Waals surface area (Å²) in [6, 6.07) is 4.71. The molecule has 14 heteroatoms. The summed E-state index contributed by atoms with van der Waals surface area (Å²) < 4.78 is 28.2. The van der Waals surface area contributed by atoms with Crippen molar-refractivity contribution in [1.29, 1.82) is 0 Å². The average Bonchev–Trinajstić information content (AvgIpc) is 3.44. The summed E-state index contributed by atoms with van der Waals surface area (Å²) in [5.41, 5.74) is 4.22. The van der Waals surface area contributed by atoms with E-state index in [1.165, 1.54) is 24.5 Å². The van der Waals surface area contributed by atoms with Crippen molar-refractivity contribution < 1.29 is 23.3 Å². The first-order chi connectivity index (χ1) is 15.6. The molecule has 3 N–H and O–H groups in total. The number of carbonyl (C=O) groups is 2. The van der Waals surface area contributed by atoms with Gasteiger partial charge in [-0.3, -0.25) is 24.4 Å². The molecule has 0 radical (unpaired) electrons. The number of hydrogen-bond acceptors (Lipinski definition) is 8. The summed E-state index contributed by atoms with van der Waals surface area (Å²) in [6.07, 6.45) is -1.81. The van der Waals surface area contributed by atoms with Crippen LogP contribution in [0.2, 0.25) is 0 Å². The fourth-order valence-electron chi connectivity index (χ4n) is 3.24. The molecular formula is C19H14F2N6O4S2. The maximum absolute atomic E-state index is 13.5. The Hall–Kier alpha value is -3.78. The number of primary amides is 1. The fraction of sp³-hybridized carbons (Fsp3) is 0.158. The zero-order chi connectivity index (χ0) is 24.0. The quantitative estimate of drug-likeness (QED) is 0.304. The molecular weight excluding hydrogens is 478 g/mol. The van der Waals surface area contributed by atoms with Crippen molar-refractivity contribution in [1.82, 2.24) is 14.8 Å². The molecule has 0 fully saturated rings. The van der Waals surface area contributed by atoms with Crippen LogP contribution in [0.15, 0.2) is 24.4 Å². The number of nitrogens with one attached hydrogen (secondary N) is 1. The predicted molar refractivity (Wildman–Crippen MR) is 119 cm³/mol. The Morgan fingerprint density at radius 3 is 2.61 bits per heavy atom. The third kappa shape index (κ3) is 4.05. The molecule has 0 aliphatic rings. The number of rotatable bonds is 6. The van der Waals surface area contributed by atoms with Crippen molar-refractivity contribution >= 4 is 56.1 Å². The summed E-state index contributed by atoms with van der Waals surface area (Å²) in [5, 5.41) is 17.8. The minimum atomic E-state index is -2.87. The van der Waals surface area contributed by atoms with E-state index in [4.69, 9.17) is 5.73 Å². The number of nitrogens with zero attached hydrogens (tertiary/aromatic N) is 4. The van der Waals surface area contributed by atoms with Gasteiger partial charge in [-0.05, 0) is 25.1 Å². The van der Waals surface area contributed by atoms with Crippen LogP contribution in [0.4, 0.5) is 20.2 Å². The molecule has 0 spiro atoms. The topological polar surface area (TPSA) is 146 Å². The second-order valence-electron chi connectivity index (χ2n) is 6.90. The molecule has 10 nitrogen and oxygen atoms in total. The highest BCUT2D eigenvalue weighted by atomic mass is 32.1.